The van der Waals surface area contributed by atoms with E-state index in [0.29, 0.717) is 33.6 Å². The molecule has 158 valence electrons. The predicted molar refractivity (Wildman–Crippen MR) is 118 cm³/mol. The summed E-state index contributed by atoms with van der Waals surface area (Å²) in [6, 6.07) is 12.6. The second-order valence-corrected chi connectivity index (χ2v) is 7.60. The Morgan fingerprint density at radius 2 is 1.84 bits per heavy atom. The van der Waals surface area contributed by atoms with Crippen molar-refractivity contribution in [1.29, 1.82) is 0 Å². The van der Waals surface area contributed by atoms with Gasteiger partial charge in [0.2, 0.25) is 0 Å². The molecule has 31 heavy (non-hydrogen) atoms. The summed E-state index contributed by atoms with van der Waals surface area (Å²) < 4.78 is 21.4. The first-order chi connectivity index (χ1) is 14.8. The average molecular weight is 440 g/mol. The average Bonchev–Trinajstić information content (AvgIpc) is 2.72. The van der Waals surface area contributed by atoms with Crippen LogP contribution in [0.15, 0.2) is 58.1 Å². The quantitative estimate of drug-likeness (QED) is 0.482. The topological polar surface area (TPSA) is 66.1 Å². The van der Waals surface area contributed by atoms with Gasteiger partial charge in [0.05, 0.1) is 24.7 Å². The number of ether oxygens (including phenoxy) is 1. The molecule has 0 aliphatic heterocycles. The molecule has 2 aromatic carbocycles. The van der Waals surface area contributed by atoms with Crippen LogP contribution in [0.4, 0.5) is 4.39 Å². The molecule has 0 amide bonds. The maximum absolute atomic E-state index is 13.6. The van der Waals surface area contributed by atoms with Crippen LogP contribution >= 0.6 is 11.6 Å². The Labute approximate surface area is 182 Å². The molecule has 6 nitrogen and oxygen atoms in total. The molecule has 0 radical (unpaired) electrons. The Bertz CT molecular complexity index is 1440. The van der Waals surface area contributed by atoms with Crippen LogP contribution in [-0.4, -0.2) is 21.2 Å². The lowest BCUT2D eigenvalue weighted by molar-refractivity contribution is 0.412. The number of halogens is 2. The van der Waals surface area contributed by atoms with Crippen LogP contribution in [0, 0.1) is 19.7 Å². The number of para-hydroxylation sites is 2. The third kappa shape index (κ3) is 3.61. The lowest BCUT2D eigenvalue weighted by Crippen LogP contribution is -2.40. The molecule has 0 spiro atoms. The maximum atomic E-state index is 13.6. The number of nitrogens with zero attached hydrogens (tertiary/aromatic N) is 3. The maximum Gasteiger partial charge on any atom is 0.337 e. The first kappa shape index (κ1) is 20.8. The summed E-state index contributed by atoms with van der Waals surface area (Å²) in [6.07, 6.45) is 0. The predicted octanol–water partition coefficient (Wildman–Crippen LogP) is 4.01. The molecule has 2 aromatic heterocycles. The lowest BCUT2D eigenvalue weighted by Gasteiger charge is -2.17. The Morgan fingerprint density at radius 1 is 1.10 bits per heavy atom. The van der Waals surface area contributed by atoms with Crippen LogP contribution in [0.5, 0.6) is 5.75 Å². The standard InChI is InChI=1S/C23H19ClFN3O3/c1-13-10-14(2)26-21-20(13)22(29)27(12-15-8-9-16(25)11-17(15)24)23(30)28(21)18-6-4-5-7-19(18)31-3/h4-11H,12H2,1-3H3. The van der Waals surface area contributed by atoms with E-state index in [-0.39, 0.29) is 17.2 Å². The zero-order valence-electron chi connectivity index (χ0n) is 17.1. The molecule has 0 aliphatic carbocycles. The molecule has 0 fully saturated rings. The summed E-state index contributed by atoms with van der Waals surface area (Å²) >= 11 is 6.16. The Morgan fingerprint density at radius 3 is 2.55 bits per heavy atom. The summed E-state index contributed by atoms with van der Waals surface area (Å²) in [6.45, 7) is 3.48. The molecular formula is C23H19ClFN3O3. The summed E-state index contributed by atoms with van der Waals surface area (Å²) in [7, 11) is 1.50. The second kappa shape index (κ2) is 8.00. The van der Waals surface area contributed by atoms with Crippen LogP contribution < -0.4 is 16.0 Å². The number of aryl methyl sites for hydroxylation is 2. The van der Waals surface area contributed by atoms with Crippen LogP contribution in [-0.2, 0) is 6.54 Å². The van der Waals surface area contributed by atoms with Gasteiger partial charge in [0.1, 0.15) is 11.6 Å². The molecule has 0 unspecified atom stereocenters. The minimum atomic E-state index is -0.597. The zero-order valence-corrected chi connectivity index (χ0v) is 17.9. The SMILES string of the molecule is COc1ccccc1-n1c(=O)n(Cc2ccc(F)cc2Cl)c(=O)c2c(C)cc(C)nc21. The van der Waals surface area contributed by atoms with Crippen LogP contribution in [0.25, 0.3) is 16.7 Å². The zero-order chi connectivity index (χ0) is 22.3. The smallest absolute Gasteiger partial charge is 0.337 e. The Kier molecular flexibility index (Phi) is 5.37. The highest BCUT2D eigenvalue weighted by Gasteiger charge is 2.20. The number of pyridine rings is 1. The monoisotopic (exact) mass is 439 g/mol. The van der Waals surface area contributed by atoms with Gasteiger partial charge < -0.3 is 4.74 Å². The van der Waals surface area contributed by atoms with Gasteiger partial charge in [-0.25, -0.2) is 18.7 Å². The number of rotatable bonds is 4. The molecule has 8 heteroatoms. The highest BCUT2D eigenvalue weighted by atomic mass is 35.5. The van der Waals surface area contributed by atoms with E-state index < -0.39 is 17.1 Å². The van der Waals surface area contributed by atoms with Gasteiger partial charge in [-0.3, -0.25) is 9.36 Å². The van der Waals surface area contributed by atoms with Crippen molar-refractivity contribution in [2.45, 2.75) is 20.4 Å². The van der Waals surface area contributed by atoms with Gasteiger partial charge in [0.15, 0.2) is 5.65 Å². The van der Waals surface area contributed by atoms with E-state index in [1.807, 2.05) is 0 Å². The number of aromatic nitrogens is 3. The third-order valence-electron chi connectivity index (χ3n) is 5.09. The fourth-order valence-electron chi connectivity index (χ4n) is 3.67. The van der Waals surface area contributed by atoms with Gasteiger partial charge in [-0.2, -0.15) is 0 Å². The van der Waals surface area contributed by atoms with Crippen molar-refractivity contribution >= 4 is 22.6 Å². The minimum Gasteiger partial charge on any atom is -0.495 e. The van der Waals surface area contributed by atoms with Gasteiger partial charge in [0.25, 0.3) is 5.56 Å². The molecule has 4 aromatic rings. The molecule has 0 bridgehead atoms. The van der Waals surface area contributed by atoms with Crippen molar-refractivity contribution in [3.63, 3.8) is 0 Å². The highest BCUT2D eigenvalue weighted by molar-refractivity contribution is 6.31. The number of methoxy groups -OCH3 is 1. The van der Waals surface area contributed by atoms with E-state index in [4.69, 9.17) is 16.3 Å². The number of benzene rings is 2. The van der Waals surface area contributed by atoms with E-state index in [1.165, 1.54) is 23.8 Å². The summed E-state index contributed by atoms with van der Waals surface area (Å²) in [5.41, 5.74) is 1.43. The van der Waals surface area contributed by atoms with Crippen molar-refractivity contribution in [2.75, 3.05) is 7.11 Å². The van der Waals surface area contributed by atoms with Crippen molar-refractivity contribution < 1.29 is 9.13 Å². The van der Waals surface area contributed by atoms with Gasteiger partial charge >= 0.3 is 5.69 Å². The molecule has 2 heterocycles. The highest BCUT2D eigenvalue weighted by Crippen LogP contribution is 2.24. The normalized spacial score (nSPS) is 11.1. The van der Waals surface area contributed by atoms with E-state index in [2.05, 4.69) is 4.98 Å². The van der Waals surface area contributed by atoms with E-state index in [0.717, 1.165) is 10.6 Å². The lowest BCUT2D eigenvalue weighted by atomic mass is 10.1. The fourth-order valence-corrected chi connectivity index (χ4v) is 3.89. The molecule has 0 atom stereocenters. The minimum absolute atomic E-state index is 0.116. The van der Waals surface area contributed by atoms with Crippen LogP contribution in [0.2, 0.25) is 5.02 Å². The number of hydrogen-bond donors (Lipinski definition) is 0. The van der Waals surface area contributed by atoms with Crippen molar-refractivity contribution in [1.82, 2.24) is 14.1 Å². The largest absolute Gasteiger partial charge is 0.495 e. The molecule has 0 saturated carbocycles. The Hall–Kier alpha value is -3.45. The second-order valence-electron chi connectivity index (χ2n) is 7.20. The van der Waals surface area contributed by atoms with E-state index in [1.54, 1.807) is 44.2 Å². The van der Waals surface area contributed by atoms with Gasteiger partial charge in [-0.05, 0) is 55.3 Å². The van der Waals surface area contributed by atoms with Gasteiger partial charge in [0, 0.05) is 10.7 Å². The third-order valence-corrected chi connectivity index (χ3v) is 5.44. The first-order valence-electron chi connectivity index (χ1n) is 9.53. The number of hydrogen-bond acceptors (Lipinski definition) is 4. The van der Waals surface area contributed by atoms with Gasteiger partial charge in [-0.1, -0.05) is 29.8 Å². The molecule has 0 aliphatic rings. The van der Waals surface area contributed by atoms with E-state index in [9.17, 15) is 14.0 Å². The molecular weight excluding hydrogens is 421 g/mol. The fraction of sp³-hybridized carbons (Fsp3) is 0.174. The van der Waals surface area contributed by atoms with Crippen LogP contribution in [0.1, 0.15) is 16.8 Å². The molecule has 0 saturated heterocycles. The molecule has 0 N–H and O–H groups in total. The van der Waals surface area contributed by atoms with E-state index >= 15 is 0 Å². The van der Waals surface area contributed by atoms with Crippen molar-refractivity contribution in [3.05, 3.63) is 97.0 Å². The number of fused-ring (bicyclic) bond motifs is 1. The Balaban J connectivity index is 2.11. The summed E-state index contributed by atoms with van der Waals surface area (Å²) in [4.78, 5) is 31.5. The van der Waals surface area contributed by atoms with Gasteiger partial charge in [-0.15, -0.1) is 0 Å². The first-order valence-corrected chi connectivity index (χ1v) is 9.90. The van der Waals surface area contributed by atoms with Crippen molar-refractivity contribution in [2.24, 2.45) is 0 Å². The van der Waals surface area contributed by atoms with Crippen LogP contribution in [0.3, 0.4) is 0 Å². The summed E-state index contributed by atoms with van der Waals surface area (Å²) in [5, 5.41) is 0.448. The van der Waals surface area contributed by atoms with Crippen molar-refractivity contribution in [3.8, 4) is 11.4 Å². The summed E-state index contributed by atoms with van der Waals surface area (Å²) in [5.74, 6) is -0.0431. The molecule has 4 rings (SSSR count).